The fourth-order valence-electron chi connectivity index (χ4n) is 3.56. The third-order valence-corrected chi connectivity index (χ3v) is 8.02. The molecule has 10 heteroatoms. The van der Waals surface area contributed by atoms with Crippen molar-refractivity contribution in [3.8, 4) is 16.3 Å². The molecule has 1 heterocycles. The second-order valence-electron chi connectivity index (χ2n) is 7.78. The Hall–Kier alpha value is -3.92. The Balaban J connectivity index is 1.42. The number of phenolic OH excluding ortho intramolecular Hbond substituents is 1. The summed E-state index contributed by atoms with van der Waals surface area (Å²) < 4.78 is 29.1. The lowest BCUT2D eigenvalue weighted by Crippen LogP contribution is -2.18. The average molecular weight is 536 g/mol. The number of nitrogens with zero attached hydrogens (tertiary/aromatic N) is 1. The van der Waals surface area contributed by atoms with Gasteiger partial charge in [0.15, 0.2) is 0 Å². The molecule has 5 rings (SSSR count). The van der Waals surface area contributed by atoms with E-state index in [1.54, 1.807) is 24.3 Å². The molecule has 0 radical (unpaired) electrons. The highest BCUT2D eigenvalue weighted by atomic mass is 35.5. The summed E-state index contributed by atoms with van der Waals surface area (Å²) in [5.74, 6) is -0.492. The first kappa shape index (κ1) is 23.8. The smallest absolute Gasteiger partial charge is 0.261 e. The third kappa shape index (κ3) is 4.90. The molecule has 0 saturated carbocycles. The van der Waals surface area contributed by atoms with Crippen molar-refractivity contribution in [3.63, 3.8) is 0 Å². The summed E-state index contributed by atoms with van der Waals surface area (Å²) in [7, 11) is -3.95. The van der Waals surface area contributed by atoms with Crippen LogP contribution in [0.25, 0.3) is 20.8 Å². The molecule has 0 fully saturated rings. The molecule has 36 heavy (non-hydrogen) atoms. The Kier molecular flexibility index (Phi) is 6.36. The maximum atomic E-state index is 13.1. The number of carbonyl (C=O) groups excluding carboxylic acids is 1. The largest absolute Gasteiger partial charge is 0.507 e. The van der Waals surface area contributed by atoms with E-state index in [4.69, 9.17) is 11.6 Å². The monoisotopic (exact) mass is 535 g/mol. The number of anilines is 2. The van der Waals surface area contributed by atoms with Gasteiger partial charge in [0, 0.05) is 10.7 Å². The first-order valence-electron chi connectivity index (χ1n) is 10.7. The highest BCUT2D eigenvalue weighted by molar-refractivity contribution is 7.92. The molecule has 0 bridgehead atoms. The Labute approximate surface area is 216 Å². The average Bonchev–Trinajstić information content (AvgIpc) is 3.29. The van der Waals surface area contributed by atoms with Gasteiger partial charge in [-0.05, 0) is 66.7 Å². The normalized spacial score (nSPS) is 11.4. The van der Waals surface area contributed by atoms with Crippen molar-refractivity contribution in [2.45, 2.75) is 4.90 Å². The number of hydrogen-bond donors (Lipinski definition) is 3. The molecule has 4 aromatic carbocycles. The van der Waals surface area contributed by atoms with E-state index >= 15 is 0 Å². The summed E-state index contributed by atoms with van der Waals surface area (Å²) in [5, 5.41) is 14.2. The number of halogens is 1. The number of fused-ring (bicyclic) bond motifs is 1. The number of sulfonamides is 1. The molecule has 0 aliphatic heterocycles. The molecule has 180 valence electrons. The zero-order valence-corrected chi connectivity index (χ0v) is 20.9. The van der Waals surface area contributed by atoms with E-state index in [1.807, 2.05) is 24.3 Å². The minimum atomic E-state index is -3.95. The summed E-state index contributed by atoms with van der Waals surface area (Å²) in [6.45, 7) is 0. The van der Waals surface area contributed by atoms with E-state index in [0.29, 0.717) is 21.3 Å². The summed E-state index contributed by atoms with van der Waals surface area (Å²) in [6.07, 6.45) is 0. The van der Waals surface area contributed by atoms with Crippen LogP contribution in [0.2, 0.25) is 5.02 Å². The van der Waals surface area contributed by atoms with E-state index in [2.05, 4.69) is 15.0 Å². The van der Waals surface area contributed by atoms with Crippen molar-refractivity contribution in [1.82, 2.24) is 4.98 Å². The first-order chi connectivity index (χ1) is 17.3. The van der Waals surface area contributed by atoms with Crippen molar-refractivity contribution in [1.29, 1.82) is 0 Å². The lowest BCUT2D eigenvalue weighted by molar-refractivity contribution is 0.102. The van der Waals surface area contributed by atoms with Gasteiger partial charge in [-0.2, -0.15) is 0 Å². The maximum Gasteiger partial charge on any atom is 0.261 e. The minimum Gasteiger partial charge on any atom is -0.507 e. The number of phenols is 1. The molecular weight excluding hydrogens is 518 g/mol. The van der Waals surface area contributed by atoms with Gasteiger partial charge in [0.1, 0.15) is 10.8 Å². The number of para-hydroxylation sites is 2. The van der Waals surface area contributed by atoms with Crippen LogP contribution in [0.5, 0.6) is 5.75 Å². The third-order valence-electron chi connectivity index (χ3n) is 5.32. The van der Waals surface area contributed by atoms with Gasteiger partial charge in [-0.3, -0.25) is 9.52 Å². The molecule has 5 aromatic rings. The topological polar surface area (TPSA) is 108 Å². The highest BCUT2D eigenvalue weighted by Gasteiger charge is 2.19. The summed E-state index contributed by atoms with van der Waals surface area (Å²) in [4.78, 5) is 17.7. The van der Waals surface area contributed by atoms with Crippen LogP contribution in [0.1, 0.15) is 10.4 Å². The molecule has 3 N–H and O–H groups in total. The van der Waals surface area contributed by atoms with E-state index in [9.17, 15) is 18.3 Å². The molecule has 0 aliphatic rings. The van der Waals surface area contributed by atoms with Gasteiger partial charge in [0.05, 0.1) is 31.9 Å². The van der Waals surface area contributed by atoms with Crippen LogP contribution in [0, 0.1) is 0 Å². The van der Waals surface area contributed by atoms with Gasteiger partial charge in [-0.15, -0.1) is 11.3 Å². The number of rotatable bonds is 6. The lowest BCUT2D eigenvalue weighted by Gasteiger charge is -2.13. The van der Waals surface area contributed by atoms with Crippen LogP contribution in [0.3, 0.4) is 0 Å². The molecule has 0 unspecified atom stereocenters. The quantitative estimate of drug-likeness (QED) is 0.219. The first-order valence-corrected chi connectivity index (χ1v) is 13.4. The van der Waals surface area contributed by atoms with Crippen LogP contribution < -0.4 is 10.0 Å². The number of aromatic hydroxyl groups is 1. The number of aromatic nitrogens is 1. The van der Waals surface area contributed by atoms with Crippen LogP contribution in [-0.2, 0) is 10.0 Å². The number of hydrogen-bond acceptors (Lipinski definition) is 6. The van der Waals surface area contributed by atoms with Crippen LogP contribution in [0.15, 0.2) is 95.9 Å². The van der Waals surface area contributed by atoms with Crippen molar-refractivity contribution in [2.75, 3.05) is 10.0 Å². The maximum absolute atomic E-state index is 13.1. The molecule has 0 atom stereocenters. The Bertz CT molecular complexity index is 1670. The van der Waals surface area contributed by atoms with Crippen LogP contribution >= 0.6 is 22.9 Å². The van der Waals surface area contributed by atoms with Crippen molar-refractivity contribution >= 4 is 60.5 Å². The SMILES string of the molecule is O=C(Nc1ccc(O)c(-c2nc3ccccc3s2)c1)c1ccccc1NS(=O)(=O)c1ccc(Cl)cc1. The number of nitrogens with one attached hydrogen (secondary N) is 2. The summed E-state index contributed by atoms with van der Waals surface area (Å²) >= 11 is 7.29. The van der Waals surface area contributed by atoms with Gasteiger partial charge in [-0.25, -0.2) is 13.4 Å². The Morgan fingerprint density at radius 2 is 1.64 bits per heavy atom. The second-order valence-corrected chi connectivity index (χ2v) is 10.9. The van der Waals surface area contributed by atoms with Crippen LogP contribution in [0.4, 0.5) is 11.4 Å². The zero-order valence-electron chi connectivity index (χ0n) is 18.5. The van der Waals surface area contributed by atoms with Gasteiger partial charge in [-0.1, -0.05) is 35.9 Å². The standard InChI is InChI=1S/C26H18ClN3O4S2/c27-16-9-12-18(13-10-16)36(33,34)30-21-6-2-1-5-19(21)25(32)28-17-11-14-23(31)20(15-17)26-29-22-7-3-4-8-24(22)35-26/h1-15,30-31H,(H,28,32). The number of amides is 1. The van der Waals surface area contributed by atoms with Crippen LogP contribution in [-0.4, -0.2) is 24.4 Å². The van der Waals surface area contributed by atoms with E-state index in [-0.39, 0.29) is 21.9 Å². The number of thiazole rings is 1. The number of benzene rings is 4. The molecular formula is C26H18ClN3O4S2. The molecule has 0 saturated heterocycles. The van der Waals surface area contributed by atoms with Crippen molar-refractivity contribution in [2.24, 2.45) is 0 Å². The Morgan fingerprint density at radius 3 is 2.42 bits per heavy atom. The second kappa shape index (κ2) is 9.62. The molecule has 7 nitrogen and oxygen atoms in total. The van der Waals surface area contributed by atoms with E-state index < -0.39 is 15.9 Å². The fraction of sp³-hybridized carbons (Fsp3) is 0. The minimum absolute atomic E-state index is 0.0149. The zero-order chi connectivity index (χ0) is 25.3. The predicted octanol–water partition coefficient (Wildman–Crippen LogP) is 6.38. The number of carbonyl (C=O) groups is 1. The Morgan fingerprint density at radius 1 is 0.917 bits per heavy atom. The van der Waals surface area contributed by atoms with E-state index in [0.717, 1.165) is 10.2 Å². The highest BCUT2D eigenvalue weighted by Crippen LogP contribution is 2.37. The molecule has 1 aromatic heterocycles. The molecule has 0 spiro atoms. The lowest BCUT2D eigenvalue weighted by atomic mass is 10.1. The van der Waals surface area contributed by atoms with Gasteiger partial charge >= 0.3 is 0 Å². The van der Waals surface area contributed by atoms with Gasteiger partial charge in [0.25, 0.3) is 15.9 Å². The van der Waals surface area contributed by atoms with E-state index in [1.165, 1.54) is 53.8 Å². The van der Waals surface area contributed by atoms with Crippen molar-refractivity contribution in [3.05, 3.63) is 102 Å². The molecule has 0 aliphatic carbocycles. The van der Waals surface area contributed by atoms with Gasteiger partial charge < -0.3 is 10.4 Å². The molecule has 1 amide bonds. The predicted molar refractivity (Wildman–Crippen MR) is 143 cm³/mol. The summed E-state index contributed by atoms with van der Waals surface area (Å²) in [6, 6.07) is 24.3. The summed E-state index contributed by atoms with van der Waals surface area (Å²) in [5.41, 5.74) is 1.96. The van der Waals surface area contributed by atoms with Gasteiger partial charge in [0.2, 0.25) is 0 Å². The van der Waals surface area contributed by atoms with Crippen molar-refractivity contribution < 1.29 is 18.3 Å². The fourth-order valence-corrected chi connectivity index (χ4v) is 5.75.